The number of carbonyl (C=O) groups is 2. The maximum atomic E-state index is 11.6. The molecule has 1 heterocycles. The molecule has 1 fully saturated rings. The molecule has 18 heavy (non-hydrogen) atoms. The van der Waals surface area contributed by atoms with E-state index < -0.39 is 0 Å². The van der Waals surface area contributed by atoms with Gasteiger partial charge in [-0.3, -0.25) is 14.5 Å². The highest BCUT2D eigenvalue weighted by Crippen LogP contribution is 2.18. The fourth-order valence-corrected chi connectivity index (χ4v) is 2.31. The van der Waals surface area contributed by atoms with Crippen molar-refractivity contribution >= 4 is 11.8 Å². The van der Waals surface area contributed by atoms with E-state index in [-0.39, 0.29) is 17.9 Å². The second kappa shape index (κ2) is 8.06. The number of rotatable bonds is 8. The molecule has 0 aromatic rings. The van der Waals surface area contributed by atoms with Gasteiger partial charge >= 0.3 is 0 Å². The third kappa shape index (κ3) is 4.28. The Morgan fingerprint density at radius 1 is 1.11 bits per heavy atom. The van der Waals surface area contributed by atoms with Crippen LogP contribution in [0.4, 0.5) is 0 Å². The first-order valence-corrected chi connectivity index (χ1v) is 7.22. The van der Waals surface area contributed by atoms with Crippen molar-refractivity contribution in [3.63, 3.8) is 0 Å². The summed E-state index contributed by atoms with van der Waals surface area (Å²) in [4.78, 5) is 24.7. The van der Waals surface area contributed by atoms with E-state index in [1.54, 1.807) is 0 Å². The zero-order valence-corrected chi connectivity index (χ0v) is 11.7. The SMILES string of the molecule is CCCCCCC=CC(CC)N1C(=O)CCC1=O. The Bertz CT molecular complexity index is 294. The Balaban J connectivity index is 2.39. The van der Waals surface area contributed by atoms with Crippen LogP contribution in [0.25, 0.3) is 0 Å². The fourth-order valence-electron chi connectivity index (χ4n) is 2.31. The minimum atomic E-state index is -0.0290. The number of unbranched alkanes of at least 4 members (excludes halogenated alkanes) is 4. The molecule has 1 atom stereocenters. The molecule has 0 bridgehead atoms. The molecule has 0 N–H and O–H groups in total. The van der Waals surface area contributed by atoms with E-state index in [9.17, 15) is 9.59 Å². The van der Waals surface area contributed by atoms with E-state index in [1.807, 2.05) is 13.0 Å². The number of allylic oxidation sites excluding steroid dienone is 1. The van der Waals surface area contributed by atoms with Crippen LogP contribution >= 0.6 is 0 Å². The van der Waals surface area contributed by atoms with Gasteiger partial charge in [-0.05, 0) is 19.3 Å². The smallest absolute Gasteiger partial charge is 0.230 e. The summed E-state index contributed by atoms with van der Waals surface area (Å²) in [6, 6.07) is -0.0290. The predicted molar refractivity (Wildman–Crippen MR) is 73.1 cm³/mol. The molecule has 1 saturated heterocycles. The number of amides is 2. The van der Waals surface area contributed by atoms with Gasteiger partial charge < -0.3 is 0 Å². The largest absolute Gasteiger partial charge is 0.276 e. The van der Waals surface area contributed by atoms with E-state index in [0.717, 1.165) is 12.8 Å². The maximum Gasteiger partial charge on any atom is 0.230 e. The number of likely N-dealkylation sites (tertiary alicyclic amines) is 1. The van der Waals surface area contributed by atoms with E-state index in [1.165, 1.54) is 30.6 Å². The van der Waals surface area contributed by atoms with Crippen molar-refractivity contribution in [3.05, 3.63) is 12.2 Å². The molecule has 1 unspecified atom stereocenters. The van der Waals surface area contributed by atoms with E-state index in [4.69, 9.17) is 0 Å². The number of nitrogens with zero attached hydrogens (tertiary/aromatic N) is 1. The van der Waals surface area contributed by atoms with Gasteiger partial charge in [-0.1, -0.05) is 45.3 Å². The van der Waals surface area contributed by atoms with Gasteiger partial charge in [-0.15, -0.1) is 0 Å². The van der Waals surface area contributed by atoms with Crippen molar-refractivity contribution in [1.29, 1.82) is 0 Å². The van der Waals surface area contributed by atoms with Crippen molar-refractivity contribution in [3.8, 4) is 0 Å². The molecular weight excluding hydrogens is 226 g/mol. The van der Waals surface area contributed by atoms with Crippen LogP contribution in [0.2, 0.25) is 0 Å². The van der Waals surface area contributed by atoms with Crippen LogP contribution < -0.4 is 0 Å². The van der Waals surface area contributed by atoms with Crippen LogP contribution in [0.3, 0.4) is 0 Å². The van der Waals surface area contributed by atoms with Gasteiger partial charge in [0.25, 0.3) is 0 Å². The van der Waals surface area contributed by atoms with Gasteiger partial charge in [0, 0.05) is 12.8 Å². The van der Waals surface area contributed by atoms with Crippen molar-refractivity contribution in [2.45, 2.75) is 71.3 Å². The van der Waals surface area contributed by atoms with Gasteiger partial charge in [-0.25, -0.2) is 0 Å². The van der Waals surface area contributed by atoms with Crippen LogP contribution in [0.15, 0.2) is 12.2 Å². The molecule has 1 aliphatic heterocycles. The molecule has 0 aromatic carbocycles. The lowest BCUT2D eigenvalue weighted by Crippen LogP contribution is -2.37. The van der Waals surface area contributed by atoms with Crippen LogP contribution in [0.5, 0.6) is 0 Å². The molecule has 0 aliphatic carbocycles. The number of carbonyl (C=O) groups excluding carboxylic acids is 2. The molecule has 0 saturated carbocycles. The minimum Gasteiger partial charge on any atom is -0.276 e. The third-order valence-electron chi connectivity index (χ3n) is 3.42. The number of imide groups is 1. The van der Waals surface area contributed by atoms with Crippen molar-refractivity contribution in [2.75, 3.05) is 0 Å². The average molecular weight is 251 g/mol. The van der Waals surface area contributed by atoms with Gasteiger partial charge in [0.2, 0.25) is 11.8 Å². The lowest BCUT2D eigenvalue weighted by atomic mass is 10.1. The van der Waals surface area contributed by atoms with Gasteiger partial charge in [0.05, 0.1) is 6.04 Å². The first-order valence-electron chi connectivity index (χ1n) is 7.22. The summed E-state index contributed by atoms with van der Waals surface area (Å²) in [5.74, 6) is -0.0232. The topological polar surface area (TPSA) is 37.4 Å². The summed E-state index contributed by atoms with van der Waals surface area (Å²) in [7, 11) is 0. The number of hydrogen-bond donors (Lipinski definition) is 0. The third-order valence-corrected chi connectivity index (χ3v) is 3.42. The van der Waals surface area contributed by atoms with Crippen molar-refractivity contribution in [1.82, 2.24) is 4.90 Å². The first-order chi connectivity index (χ1) is 8.70. The molecule has 0 spiro atoms. The fraction of sp³-hybridized carbons (Fsp3) is 0.733. The Hall–Kier alpha value is -1.12. The predicted octanol–water partition coefficient (Wildman–Crippen LogP) is 3.44. The standard InChI is InChI=1S/C15H25NO2/c1-3-5-6-7-8-9-10-13(4-2)16-14(17)11-12-15(16)18/h9-10,13H,3-8,11-12H2,1-2H3. The minimum absolute atomic E-state index is 0.0116. The lowest BCUT2D eigenvalue weighted by molar-refractivity contribution is -0.140. The summed E-state index contributed by atoms with van der Waals surface area (Å²) in [5.41, 5.74) is 0. The van der Waals surface area contributed by atoms with Crippen LogP contribution in [-0.2, 0) is 9.59 Å². The Morgan fingerprint density at radius 3 is 2.33 bits per heavy atom. The molecule has 2 amide bonds. The van der Waals surface area contributed by atoms with E-state index >= 15 is 0 Å². The quantitative estimate of drug-likeness (QED) is 0.376. The molecule has 3 heteroatoms. The highest BCUT2D eigenvalue weighted by Gasteiger charge is 2.32. The normalized spacial score (nSPS) is 18.0. The van der Waals surface area contributed by atoms with Gasteiger partial charge in [0.15, 0.2) is 0 Å². The maximum absolute atomic E-state index is 11.6. The Kier molecular flexibility index (Phi) is 6.69. The summed E-state index contributed by atoms with van der Waals surface area (Å²) >= 11 is 0. The average Bonchev–Trinajstić information content (AvgIpc) is 2.69. The summed E-state index contributed by atoms with van der Waals surface area (Å²) in [5, 5.41) is 0. The Labute approximate surface area is 110 Å². The van der Waals surface area contributed by atoms with Crippen LogP contribution in [0.1, 0.15) is 65.2 Å². The molecule has 102 valence electrons. The lowest BCUT2D eigenvalue weighted by Gasteiger charge is -2.21. The zero-order valence-electron chi connectivity index (χ0n) is 11.7. The highest BCUT2D eigenvalue weighted by molar-refractivity contribution is 6.02. The second-order valence-electron chi connectivity index (χ2n) is 4.91. The van der Waals surface area contributed by atoms with Crippen molar-refractivity contribution in [2.24, 2.45) is 0 Å². The molecule has 0 radical (unpaired) electrons. The highest BCUT2D eigenvalue weighted by atomic mass is 16.2. The monoisotopic (exact) mass is 251 g/mol. The van der Waals surface area contributed by atoms with E-state index in [0.29, 0.717) is 12.8 Å². The first kappa shape index (κ1) is 14.9. The van der Waals surface area contributed by atoms with Gasteiger partial charge in [0.1, 0.15) is 0 Å². The molecule has 1 rings (SSSR count). The summed E-state index contributed by atoms with van der Waals surface area (Å²) in [6.07, 6.45) is 11.8. The summed E-state index contributed by atoms with van der Waals surface area (Å²) in [6.45, 7) is 4.22. The summed E-state index contributed by atoms with van der Waals surface area (Å²) < 4.78 is 0. The zero-order chi connectivity index (χ0) is 13.4. The van der Waals surface area contributed by atoms with Crippen LogP contribution in [-0.4, -0.2) is 22.8 Å². The van der Waals surface area contributed by atoms with Crippen molar-refractivity contribution < 1.29 is 9.59 Å². The second-order valence-corrected chi connectivity index (χ2v) is 4.91. The van der Waals surface area contributed by atoms with Gasteiger partial charge in [-0.2, -0.15) is 0 Å². The van der Waals surface area contributed by atoms with Crippen LogP contribution in [0, 0.1) is 0 Å². The number of hydrogen-bond acceptors (Lipinski definition) is 2. The Morgan fingerprint density at radius 2 is 1.78 bits per heavy atom. The van der Waals surface area contributed by atoms with E-state index in [2.05, 4.69) is 13.0 Å². The molecule has 1 aliphatic rings. The molecular formula is C15H25NO2. The molecule has 3 nitrogen and oxygen atoms in total. The molecule has 0 aromatic heterocycles.